The Kier molecular flexibility index (Phi) is 5.72. The van der Waals surface area contributed by atoms with E-state index in [1.165, 1.54) is 0 Å². The second-order valence-electron chi connectivity index (χ2n) is 3.90. The van der Waals surface area contributed by atoms with Crippen molar-refractivity contribution in [3.63, 3.8) is 0 Å². The van der Waals surface area contributed by atoms with Gasteiger partial charge in [0.15, 0.2) is 0 Å². The quantitative estimate of drug-likeness (QED) is 0.792. The fourth-order valence-electron chi connectivity index (χ4n) is 1.69. The summed E-state index contributed by atoms with van der Waals surface area (Å²) < 4.78 is 38.1. The van der Waals surface area contributed by atoms with Gasteiger partial charge >= 0.3 is 6.18 Å². The van der Waals surface area contributed by atoms with Crippen LogP contribution in [-0.2, 0) is 6.42 Å². The Morgan fingerprint density at radius 1 is 1.24 bits per heavy atom. The number of nitrogens with one attached hydrogen (secondary N) is 1. The maximum Gasteiger partial charge on any atom is 0.390 e. The normalized spacial score (nSPS) is 13.7. The van der Waals surface area contributed by atoms with Gasteiger partial charge in [0.25, 0.3) is 0 Å². The van der Waals surface area contributed by atoms with Crippen molar-refractivity contribution >= 4 is 22.6 Å². The van der Waals surface area contributed by atoms with Crippen LogP contribution >= 0.6 is 22.6 Å². The van der Waals surface area contributed by atoms with Crippen LogP contribution in [-0.4, -0.2) is 18.8 Å². The third-order valence-corrected chi connectivity index (χ3v) is 3.09. The molecule has 1 atom stereocenters. The minimum atomic E-state index is -4.12. The Labute approximate surface area is 113 Å². The molecule has 0 aliphatic rings. The van der Waals surface area contributed by atoms with Crippen LogP contribution in [0.2, 0.25) is 0 Å². The Morgan fingerprint density at radius 2 is 1.82 bits per heavy atom. The van der Waals surface area contributed by atoms with Crippen LogP contribution in [0.5, 0.6) is 0 Å². The first kappa shape index (κ1) is 14.8. The van der Waals surface area contributed by atoms with Crippen LogP contribution in [0.25, 0.3) is 0 Å². The van der Waals surface area contributed by atoms with Gasteiger partial charge in [0, 0.05) is 9.61 Å². The molecule has 96 valence electrons. The van der Waals surface area contributed by atoms with Crippen molar-refractivity contribution < 1.29 is 13.2 Å². The molecular weight excluding hydrogens is 342 g/mol. The minimum Gasteiger partial charge on any atom is -0.314 e. The lowest BCUT2D eigenvalue weighted by molar-refractivity contribution is -0.139. The molecule has 1 aromatic rings. The maximum absolute atomic E-state index is 12.4. The molecule has 0 aliphatic carbocycles. The second-order valence-corrected chi connectivity index (χ2v) is 5.15. The van der Waals surface area contributed by atoms with Crippen molar-refractivity contribution in [2.45, 2.75) is 32.0 Å². The smallest absolute Gasteiger partial charge is 0.314 e. The SMILES string of the molecule is CCNC(Cc1ccc(I)cc1)CC(F)(F)F. The summed E-state index contributed by atoms with van der Waals surface area (Å²) in [7, 11) is 0. The number of hydrogen-bond donors (Lipinski definition) is 1. The zero-order valence-corrected chi connectivity index (χ0v) is 11.7. The Hall–Kier alpha value is -0.300. The predicted molar refractivity (Wildman–Crippen MR) is 71.0 cm³/mol. The van der Waals surface area contributed by atoms with Crippen molar-refractivity contribution in [1.29, 1.82) is 0 Å². The van der Waals surface area contributed by atoms with E-state index < -0.39 is 18.6 Å². The topological polar surface area (TPSA) is 12.0 Å². The lowest BCUT2D eigenvalue weighted by Gasteiger charge is -2.19. The number of alkyl halides is 3. The first-order valence-corrected chi connectivity index (χ1v) is 6.53. The van der Waals surface area contributed by atoms with E-state index in [1.807, 2.05) is 31.2 Å². The van der Waals surface area contributed by atoms with Gasteiger partial charge in [0.2, 0.25) is 0 Å². The fourth-order valence-corrected chi connectivity index (χ4v) is 2.05. The molecule has 0 saturated carbocycles. The molecule has 1 unspecified atom stereocenters. The minimum absolute atomic E-state index is 0.407. The highest BCUT2D eigenvalue weighted by molar-refractivity contribution is 14.1. The lowest BCUT2D eigenvalue weighted by Crippen LogP contribution is -2.35. The third kappa shape index (κ3) is 6.26. The van der Waals surface area contributed by atoms with Crippen LogP contribution in [0, 0.1) is 3.57 Å². The average Bonchev–Trinajstić information content (AvgIpc) is 2.19. The summed E-state index contributed by atoms with van der Waals surface area (Å²) in [6.07, 6.45) is -4.49. The maximum atomic E-state index is 12.4. The molecule has 1 rings (SSSR count). The van der Waals surface area contributed by atoms with Crippen molar-refractivity contribution in [1.82, 2.24) is 5.32 Å². The van der Waals surface area contributed by atoms with Gasteiger partial charge < -0.3 is 5.32 Å². The van der Waals surface area contributed by atoms with Crippen molar-refractivity contribution in [3.05, 3.63) is 33.4 Å². The predicted octanol–water partition coefficient (Wildman–Crippen LogP) is 3.76. The number of benzene rings is 1. The van der Waals surface area contributed by atoms with E-state index in [9.17, 15) is 13.2 Å². The van der Waals surface area contributed by atoms with E-state index in [0.717, 1.165) is 9.13 Å². The van der Waals surface area contributed by atoms with Gasteiger partial charge in [-0.15, -0.1) is 0 Å². The molecular formula is C12H15F3IN. The van der Waals surface area contributed by atoms with E-state index >= 15 is 0 Å². The summed E-state index contributed by atoms with van der Waals surface area (Å²) in [6, 6.07) is 7.03. The van der Waals surface area contributed by atoms with Gasteiger partial charge in [-0.25, -0.2) is 0 Å². The summed E-state index contributed by atoms with van der Waals surface area (Å²) in [4.78, 5) is 0. The number of hydrogen-bond acceptors (Lipinski definition) is 1. The van der Waals surface area contributed by atoms with E-state index in [2.05, 4.69) is 27.9 Å². The van der Waals surface area contributed by atoms with Crippen LogP contribution in [0.3, 0.4) is 0 Å². The second kappa shape index (κ2) is 6.58. The molecule has 1 aromatic carbocycles. The lowest BCUT2D eigenvalue weighted by atomic mass is 10.0. The third-order valence-electron chi connectivity index (χ3n) is 2.37. The molecule has 0 radical (unpaired) electrons. The van der Waals surface area contributed by atoms with Gasteiger partial charge in [0.05, 0.1) is 6.42 Å². The Balaban J connectivity index is 2.63. The summed E-state index contributed by atoms with van der Waals surface area (Å²) >= 11 is 2.17. The molecule has 0 amide bonds. The molecule has 1 nitrogen and oxygen atoms in total. The van der Waals surface area contributed by atoms with E-state index in [-0.39, 0.29) is 0 Å². The van der Waals surface area contributed by atoms with Crippen LogP contribution < -0.4 is 5.32 Å². The highest BCUT2D eigenvalue weighted by Crippen LogP contribution is 2.23. The molecule has 0 aromatic heterocycles. The highest BCUT2D eigenvalue weighted by Gasteiger charge is 2.31. The molecule has 0 spiro atoms. The molecule has 0 aliphatic heterocycles. The van der Waals surface area contributed by atoms with Crippen molar-refractivity contribution in [2.75, 3.05) is 6.54 Å². The molecule has 5 heteroatoms. The molecule has 0 heterocycles. The highest BCUT2D eigenvalue weighted by atomic mass is 127. The molecule has 17 heavy (non-hydrogen) atoms. The first-order valence-electron chi connectivity index (χ1n) is 5.45. The fraction of sp³-hybridized carbons (Fsp3) is 0.500. The van der Waals surface area contributed by atoms with Crippen molar-refractivity contribution in [3.8, 4) is 0 Å². The van der Waals surface area contributed by atoms with Gasteiger partial charge in [-0.1, -0.05) is 19.1 Å². The van der Waals surface area contributed by atoms with Gasteiger partial charge in [-0.2, -0.15) is 13.2 Å². The summed E-state index contributed by atoms with van der Waals surface area (Å²) in [6.45, 7) is 2.36. The summed E-state index contributed by atoms with van der Waals surface area (Å²) in [5.41, 5.74) is 0.931. The largest absolute Gasteiger partial charge is 0.390 e. The summed E-state index contributed by atoms with van der Waals surface area (Å²) in [5, 5.41) is 2.88. The van der Waals surface area contributed by atoms with Gasteiger partial charge in [-0.05, 0) is 53.3 Å². The van der Waals surface area contributed by atoms with Crippen LogP contribution in [0.1, 0.15) is 18.9 Å². The van der Waals surface area contributed by atoms with Gasteiger partial charge in [-0.3, -0.25) is 0 Å². The molecule has 0 fully saturated rings. The van der Waals surface area contributed by atoms with Crippen LogP contribution in [0.15, 0.2) is 24.3 Å². The number of halogens is 4. The Morgan fingerprint density at radius 3 is 2.29 bits per heavy atom. The molecule has 1 N–H and O–H groups in total. The Bertz CT molecular complexity index is 335. The zero-order valence-electron chi connectivity index (χ0n) is 9.52. The zero-order chi connectivity index (χ0) is 12.9. The number of likely N-dealkylation sites (N-methyl/N-ethyl adjacent to an activating group) is 1. The van der Waals surface area contributed by atoms with Crippen molar-refractivity contribution in [2.24, 2.45) is 0 Å². The number of rotatable bonds is 5. The van der Waals surface area contributed by atoms with E-state index in [0.29, 0.717) is 13.0 Å². The summed E-state index contributed by atoms with van der Waals surface area (Å²) in [5.74, 6) is 0. The average molecular weight is 357 g/mol. The standard InChI is InChI=1S/C12H15F3IN/c1-2-17-11(8-12(13,14)15)7-9-3-5-10(16)6-4-9/h3-6,11,17H,2,7-8H2,1H3. The first-order chi connectivity index (χ1) is 7.90. The van der Waals surface area contributed by atoms with Crippen LogP contribution in [0.4, 0.5) is 13.2 Å². The molecule has 0 saturated heterocycles. The van der Waals surface area contributed by atoms with Gasteiger partial charge in [0.1, 0.15) is 0 Å². The molecule has 0 bridgehead atoms. The monoisotopic (exact) mass is 357 g/mol. The van der Waals surface area contributed by atoms with E-state index in [1.54, 1.807) is 0 Å². The van der Waals surface area contributed by atoms with E-state index in [4.69, 9.17) is 0 Å².